The molecule has 0 spiro atoms. The third-order valence-corrected chi connectivity index (χ3v) is 3.68. The Kier molecular flexibility index (Phi) is 3.15. The van der Waals surface area contributed by atoms with Gasteiger partial charge in [0.25, 0.3) is 10.0 Å². The number of nitrogens with one attached hydrogen (secondary N) is 1. The molecule has 2 heterocycles. The van der Waals surface area contributed by atoms with Crippen molar-refractivity contribution in [2.75, 3.05) is 10.5 Å². The van der Waals surface area contributed by atoms with Crippen molar-refractivity contribution in [2.24, 2.45) is 0 Å². The van der Waals surface area contributed by atoms with Crippen molar-refractivity contribution in [3.63, 3.8) is 0 Å². The summed E-state index contributed by atoms with van der Waals surface area (Å²) in [5.74, 6) is 0.154. The van der Waals surface area contributed by atoms with Crippen LogP contribution in [0.4, 0.5) is 11.5 Å². The topological polar surface area (TPSA) is 98.0 Å². The molecule has 0 amide bonds. The van der Waals surface area contributed by atoms with Crippen LogP contribution in [-0.4, -0.2) is 18.4 Å². The van der Waals surface area contributed by atoms with E-state index in [1.54, 1.807) is 25.3 Å². The minimum absolute atomic E-state index is 0.0678. The fraction of sp³-hybridized carbons (Fsp3) is 0.0909. The molecule has 94 valence electrons. The molecule has 3 N–H and O–H groups in total. The zero-order valence-corrected chi connectivity index (χ0v) is 10.5. The molecule has 0 saturated carbocycles. The largest absolute Gasteiger partial charge is 0.384 e. The Hall–Kier alpha value is -2.15. The number of rotatable bonds is 3. The fourth-order valence-corrected chi connectivity index (χ4v) is 2.53. The van der Waals surface area contributed by atoms with E-state index in [0.717, 1.165) is 0 Å². The summed E-state index contributed by atoms with van der Waals surface area (Å²) in [6, 6.07) is 5.98. The van der Waals surface area contributed by atoms with E-state index in [1.807, 2.05) is 0 Å². The average molecular weight is 264 g/mol. The number of pyridine rings is 2. The second-order valence-corrected chi connectivity index (χ2v) is 5.34. The minimum atomic E-state index is -3.67. The van der Waals surface area contributed by atoms with E-state index >= 15 is 0 Å². The summed E-state index contributed by atoms with van der Waals surface area (Å²) in [5.41, 5.74) is 6.50. The van der Waals surface area contributed by atoms with E-state index in [-0.39, 0.29) is 10.7 Å². The predicted molar refractivity (Wildman–Crippen MR) is 68.4 cm³/mol. The number of anilines is 2. The van der Waals surface area contributed by atoms with Crippen molar-refractivity contribution in [3.05, 3.63) is 42.4 Å². The molecule has 18 heavy (non-hydrogen) atoms. The van der Waals surface area contributed by atoms with Gasteiger partial charge in [-0.3, -0.25) is 9.71 Å². The summed E-state index contributed by atoms with van der Waals surface area (Å²) in [6.45, 7) is 1.72. The Morgan fingerprint density at radius 2 is 2.00 bits per heavy atom. The van der Waals surface area contributed by atoms with Crippen molar-refractivity contribution < 1.29 is 8.42 Å². The molecule has 0 atom stereocenters. The highest BCUT2D eigenvalue weighted by atomic mass is 32.2. The number of sulfonamides is 1. The third kappa shape index (κ3) is 2.57. The van der Waals surface area contributed by atoms with Crippen LogP contribution in [0, 0.1) is 6.92 Å². The maximum Gasteiger partial charge on any atom is 0.262 e. The fourth-order valence-electron chi connectivity index (χ4n) is 1.39. The van der Waals surface area contributed by atoms with E-state index in [9.17, 15) is 8.42 Å². The molecule has 2 aromatic heterocycles. The lowest BCUT2D eigenvalue weighted by atomic mass is 10.3. The van der Waals surface area contributed by atoms with Crippen LogP contribution < -0.4 is 10.5 Å². The highest BCUT2D eigenvalue weighted by Gasteiger charge is 2.15. The summed E-state index contributed by atoms with van der Waals surface area (Å²) in [5, 5.41) is 0. The smallest absolute Gasteiger partial charge is 0.262 e. The van der Waals surface area contributed by atoms with Gasteiger partial charge in [0.2, 0.25) is 0 Å². The lowest BCUT2D eigenvalue weighted by molar-refractivity contribution is 0.601. The summed E-state index contributed by atoms with van der Waals surface area (Å²) in [7, 11) is -3.67. The lowest BCUT2D eigenvalue weighted by Crippen LogP contribution is -2.14. The number of hydrogen-bond acceptors (Lipinski definition) is 5. The average Bonchev–Trinajstić information content (AvgIpc) is 2.32. The van der Waals surface area contributed by atoms with Gasteiger partial charge >= 0.3 is 0 Å². The van der Waals surface area contributed by atoms with Gasteiger partial charge in [0.1, 0.15) is 5.82 Å². The van der Waals surface area contributed by atoms with Gasteiger partial charge in [0, 0.05) is 18.5 Å². The van der Waals surface area contributed by atoms with Crippen molar-refractivity contribution >= 4 is 21.5 Å². The monoisotopic (exact) mass is 264 g/mol. The van der Waals surface area contributed by atoms with Crippen molar-refractivity contribution in [2.45, 2.75) is 11.8 Å². The molecule has 0 aromatic carbocycles. The summed E-state index contributed by atoms with van der Waals surface area (Å²) in [6.07, 6.45) is 2.94. The van der Waals surface area contributed by atoms with Gasteiger partial charge in [-0.15, -0.1) is 0 Å². The predicted octanol–water partition coefficient (Wildman–Crippen LogP) is 1.17. The number of nitrogen functional groups attached to an aromatic ring is 1. The van der Waals surface area contributed by atoms with Gasteiger partial charge in [-0.25, -0.2) is 13.4 Å². The normalized spacial score (nSPS) is 11.2. The van der Waals surface area contributed by atoms with E-state index in [4.69, 9.17) is 5.73 Å². The molecule has 0 aliphatic carbocycles. The maximum atomic E-state index is 12.1. The molecule has 7 heteroatoms. The molecule has 0 aliphatic rings. The minimum Gasteiger partial charge on any atom is -0.384 e. The van der Waals surface area contributed by atoms with Crippen LogP contribution in [0.2, 0.25) is 0 Å². The SMILES string of the molecule is Cc1ncccc1NS(=O)(=O)c1ccnc(N)c1. The summed E-state index contributed by atoms with van der Waals surface area (Å²) >= 11 is 0. The number of nitrogens with zero attached hydrogens (tertiary/aromatic N) is 2. The van der Waals surface area contributed by atoms with Crippen LogP contribution in [0.1, 0.15) is 5.69 Å². The molecular formula is C11H12N4O2S. The Balaban J connectivity index is 2.37. The molecule has 2 rings (SSSR count). The molecule has 0 radical (unpaired) electrons. The van der Waals surface area contributed by atoms with E-state index in [2.05, 4.69) is 14.7 Å². The molecule has 0 unspecified atom stereocenters. The maximum absolute atomic E-state index is 12.1. The molecule has 0 fully saturated rings. The second kappa shape index (κ2) is 4.61. The molecule has 0 saturated heterocycles. The van der Waals surface area contributed by atoms with Crippen molar-refractivity contribution in [1.82, 2.24) is 9.97 Å². The Morgan fingerprint density at radius 1 is 1.22 bits per heavy atom. The molecule has 2 aromatic rings. The van der Waals surface area contributed by atoms with E-state index in [1.165, 1.54) is 18.3 Å². The first-order chi connectivity index (χ1) is 8.49. The molecule has 6 nitrogen and oxygen atoms in total. The molecule has 0 aliphatic heterocycles. The van der Waals surface area contributed by atoms with Crippen LogP contribution in [0.15, 0.2) is 41.6 Å². The van der Waals surface area contributed by atoms with Crippen molar-refractivity contribution in [1.29, 1.82) is 0 Å². The van der Waals surface area contributed by atoms with Gasteiger partial charge < -0.3 is 5.73 Å². The third-order valence-electron chi connectivity index (χ3n) is 2.31. The van der Waals surface area contributed by atoms with Crippen LogP contribution >= 0.6 is 0 Å². The quantitative estimate of drug-likeness (QED) is 0.867. The van der Waals surface area contributed by atoms with E-state index in [0.29, 0.717) is 11.4 Å². The van der Waals surface area contributed by atoms with Gasteiger partial charge in [0.15, 0.2) is 0 Å². The zero-order chi connectivity index (χ0) is 13.2. The standard InChI is InChI=1S/C11H12N4O2S/c1-8-10(3-2-5-13-8)15-18(16,17)9-4-6-14-11(12)7-9/h2-7,15H,1H3,(H2,12,14). The van der Waals surface area contributed by atoms with E-state index < -0.39 is 10.0 Å². The highest BCUT2D eigenvalue weighted by Crippen LogP contribution is 2.18. The number of nitrogens with two attached hydrogens (primary N) is 1. The van der Waals surface area contributed by atoms with Crippen molar-refractivity contribution in [3.8, 4) is 0 Å². The first-order valence-electron chi connectivity index (χ1n) is 5.15. The van der Waals surface area contributed by atoms with Gasteiger partial charge in [-0.1, -0.05) is 0 Å². The number of aromatic nitrogens is 2. The molecule has 0 bridgehead atoms. The Morgan fingerprint density at radius 3 is 2.67 bits per heavy atom. The highest BCUT2D eigenvalue weighted by molar-refractivity contribution is 7.92. The summed E-state index contributed by atoms with van der Waals surface area (Å²) in [4.78, 5) is 7.83. The Bertz CT molecular complexity index is 670. The summed E-state index contributed by atoms with van der Waals surface area (Å²) < 4.78 is 26.6. The van der Waals surface area contributed by atoms with Crippen LogP contribution in [-0.2, 0) is 10.0 Å². The first kappa shape index (κ1) is 12.3. The first-order valence-corrected chi connectivity index (χ1v) is 6.63. The number of aryl methyl sites for hydroxylation is 1. The van der Waals surface area contributed by atoms with Crippen LogP contribution in [0.3, 0.4) is 0 Å². The van der Waals surface area contributed by atoms with Crippen LogP contribution in [0.25, 0.3) is 0 Å². The van der Waals surface area contributed by atoms with Gasteiger partial charge in [-0.05, 0) is 25.1 Å². The second-order valence-electron chi connectivity index (χ2n) is 3.66. The zero-order valence-electron chi connectivity index (χ0n) is 9.66. The van der Waals surface area contributed by atoms with Gasteiger partial charge in [0.05, 0.1) is 16.3 Å². The molecular weight excluding hydrogens is 252 g/mol. The number of hydrogen-bond donors (Lipinski definition) is 2. The lowest BCUT2D eigenvalue weighted by Gasteiger charge is -2.09. The van der Waals surface area contributed by atoms with Crippen LogP contribution in [0.5, 0.6) is 0 Å². The Labute approximate surface area is 105 Å². The van der Waals surface area contributed by atoms with Gasteiger partial charge in [-0.2, -0.15) is 0 Å².